The van der Waals surface area contributed by atoms with E-state index in [1.807, 2.05) is 0 Å². The van der Waals surface area contributed by atoms with Crippen LogP contribution in [-0.4, -0.2) is 58.6 Å². The van der Waals surface area contributed by atoms with Gasteiger partial charge in [0.2, 0.25) is 5.78 Å². The van der Waals surface area contributed by atoms with Crippen molar-refractivity contribution >= 4 is 29.4 Å². The van der Waals surface area contributed by atoms with Crippen molar-refractivity contribution in [2.24, 2.45) is 11.1 Å². The Morgan fingerprint density at radius 2 is 2.05 bits per heavy atom. The van der Waals surface area contributed by atoms with Crippen LogP contribution in [0.3, 0.4) is 0 Å². The number of carbonyl (C=O) groups excluding carboxylic acids is 2. The van der Waals surface area contributed by atoms with Gasteiger partial charge in [0.05, 0.1) is 5.75 Å². The highest BCUT2D eigenvalue weighted by Crippen LogP contribution is 2.13. The van der Waals surface area contributed by atoms with Crippen LogP contribution in [0.5, 0.6) is 0 Å². The monoisotopic (exact) mass is 337 g/mol. The minimum absolute atomic E-state index is 0.0104. The molecule has 1 amide bonds. The zero-order chi connectivity index (χ0) is 17.3. The van der Waals surface area contributed by atoms with Crippen molar-refractivity contribution in [3.8, 4) is 0 Å². The number of hydrogen-bond acceptors (Lipinski definition) is 8. The quantitative estimate of drug-likeness (QED) is 0.245. The number of nitrogens with two attached hydrogens (primary N) is 1. The second-order valence-corrected chi connectivity index (χ2v) is 6.26. The van der Waals surface area contributed by atoms with E-state index in [1.54, 1.807) is 13.8 Å². The summed E-state index contributed by atoms with van der Waals surface area (Å²) in [4.78, 5) is 47.9. The van der Waals surface area contributed by atoms with E-state index in [0.717, 1.165) is 11.8 Å². The van der Waals surface area contributed by atoms with Gasteiger partial charge in [-0.3, -0.25) is 14.4 Å². The Kier molecular flexibility index (Phi) is 8.42. The van der Waals surface area contributed by atoms with Gasteiger partial charge in [-0.2, -0.15) is 11.8 Å². The highest BCUT2D eigenvalue weighted by molar-refractivity contribution is 8.00. The third-order valence-corrected chi connectivity index (χ3v) is 3.45. The predicted octanol–water partition coefficient (Wildman–Crippen LogP) is -0.949. The average molecular weight is 337 g/mol. The summed E-state index contributed by atoms with van der Waals surface area (Å²) in [5.74, 6) is -2.94. The Balaban J connectivity index is 4.07. The first kappa shape index (κ1) is 20.1. The fourth-order valence-electron chi connectivity index (χ4n) is 1.11. The maximum absolute atomic E-state index is 11.5. The highest BCUT2D eigenvalue weighted by Gasteiger charge is 2.23. The van der Waals surface area contributed by atoms with E-state index in [-0.39, 0.29) is 24.7 Å². The van der Waals surface area contributed by atoms with Gasteiger partial charge in [0.1, 0.15) is 12.6 Å². The average Bonchev–Trinajstić information content (AvgIpc) is 2.42. The standard InChI is InChI=1S/C11H19N3O7S/c1-11(2,6-21-14(19)20)5-13-9(16)8(15)4-22-3-7(12)10(17)18/h7H,3-6,12H2,1-2H3,(H,13,16)(H,17,18)/t7-/m0/s1. The molecule has 4 N–H and O–H groups in total. The molecule has 0 aromatic rings. The molecule has 10 nitrogen and oxygen atoms in total. The molecular weight excluding hydrogens is 318 g/mol. The van der Waals surface area contributed by atoms with Gasteiger partial charge < -0.3 is 21.0 Å². The van der Waals surface area contributed by atoms with Gasteiger partial charge in [0.15, 0.2) is 0 Å². The molecule has 0 aliphatic carbocycles. The summed E-state index contributed by atoms with van der Waals surface area (Å²) in [6, 6.07) is -1.10. The van der Waals surface area contributed by atoms with Crippen molar-refractivity contribution in [2.75, 3.05) is 24.7 Å². The van der Waals surface area contributed by atoms with Crippen molar-refractivity contribution in [3.05, 3.63) is 10.1 Å². The van der Waals surface area contributed by atoms with Crippen molar-refractivity contribution in [1.82, 2.24) is 5.32 Å². The third-order valence-electron chi connectivity index (χ3n) is 2.39. The van der Waals surface area contributed by atoms with Crippen LogP contribution < -0.4 is 11.1 Å². The Bertz CT molecular complexity index is 441. The summed E-state index contributed by atoms with van der Waals surface area (Å²) in [5, 5.41) is 20.1. The number of Topliss-reactive ketones (excluding diaryl/α,β-unsaturated/α-hetero) is 1. The predicted molar refractivity (Wildman–Crippen MR) is 77.7 cm³/mol. The zero-order valence-electron chi connectivity index (χ0n) is 12.2. The molecule has 0 saturated carbocycles. The van der Waals surface area contributed by atoms with E-state index >= 15 is 0 Å². The molecule has 0 aliphatic rings. The molecule has 0 aliphatic heterocycles. The Labute approximate surface area is 130 Å². The van der Waals surface area contributed by atoms with Gasteiger partial charge in [-0.25, -0.2) is 0 Å². The minimum atomic E-state index is -1.18. The zero-order valence-corrected chi connectivity index (χ0v) is 13.1. The summed E-state index contributed by atoms with van der Waals surface area (Å²) >= 11 is 0.943. The van der Waals surface area contributed by atoms with E-state index in [4.69, 9.17) is 10.8 Å². The van der Waals surface area contributed by atoms with E-state index in [9.17, 15) is 24.5 Å². The lowest BCUT2D eigenvalue weighted by molar-refractivity contribution is -0.760. The minimum Gasteiger partial charge on any atom is -0.480 e. The third kappa shape index (κ3) is 9.13. The summed E-state index contributed by atoms with van der Waals surface area (Å²) in [7, 11) is 0. The molecular formula is C11H19N3O7S. The Morgan fingerprint density at radius 1 is 1.45 bits per heavy atom. The Hall–Kier alpha value is -1.88. The number of hydrogen-bond donors (Lipinski definition) is 3. The molecule has 0 fully saturated rings. The summed E-state index contributed by atoms with van der Waals surface area (Å²) in [5.41, 5.74) is 4.53. The molecule has 0 spiro atoms. The molecule has 0 radical (unpaired) electrons. The second kappa shape index (κ2) is 9.20. The number of carbonyl (C=O) groups is 3. The molecule has 0 aromatic heterocycles. The molecule has 1 atom stereocenters. The summed E-state index contributed by atoms with van der Waals surface area (Å²) in [6.07, 6.45) is 0. The number of thioether (sulfide) groups is 1. The lowest BCUT2D eigenvalue weighted by atomic mass is 9.95. The normalized spacial score (nSPS) is 12.3. The van der Waals surface area contributed by atoms with Crippen molar-refractivity contribution < 1.29 is 29.4 Å². The number of amides is 1. The van der Waals surface area contributed by atoms with Crippen LogP contribution in [0.15, 0.2) is 0 Å². The topological polar surface area (TPSA) is 162 Å². The van der Waals surface area contributed by atoms with Crippen molar-refractivity contribution in [2.45, 2.75) is 19.9 Å². The van der Waals surface area contributed by atoms with Gasteiger partial charge in [0.25, 0.3) is 11.0 Å². The van der Waals surface area contributed by atoms with Gasteiger partial charge in [-0.1, -0.05) is 13.8 Å². The van der Waals surface area contributed by atoms with Gasteiger partial charge in [0, 0.05) is 17.7 Å². The van der Waals surface area contributed by atoms with Crippen LogP contribution in [-0.2, 0) is 19.2 Å². The van der Waals surface area contributed by atoms with E-state index in [1.165, 1.54) is 0 Å². The lowest BCUT2D eigenvalue weighted by Gasteiger charge is -2.23. The number of nitrogens with zero attached hydrogens (tertiary/aromatic N) is 1. The summed E-state index contributed by atoms with van der Waals surface area (Å²) in [6.45, 7) is 3.05. The largest absolute Gasteiger partial charge is 0.480 e. The molecule has 22 heavy (non-hydrogen) atoms. The molecule has 126 valence electrons. The van der Waals surface area contributed by atoms with Crippen LogP contribution in [0, 0.1) is 15.5 Å². The first-order chi connectivity index (χ1) is 10.0. The van der Waals surface area contributed by atoms with Crippen LogP contribution >= 0.6 is 11.8 Å². The first-order valence-electron chi connectivity index (χ1n) is 6.19. The fourth-order valence-corrected chi connectivity index (χ4v) is 1.94. The molecule has 0 rings (SSSR count). The van der Waals surface area contributed by atoms with E-state index in [0.29, 0.717) is 0 Å². The smallest absolute Gasteiger partial charge is 0.321 e. The van der Waals surface area contributed by atoms with Crippen LogP contribution in [0.1, 0.15) is 13.8 Å². The lowest BCUT2D eigenvalue weighted by Crippen LogP contribution is -2.41. The van der Waals surface area contributed by atoms with E-state index < -0.39 is 34.2 Å². The number of nitrogens with one attached hydrogen (secondary N) is 1. The van der Waals surface area contributed by atoms with Gasteiger partial charge in [-0.05, 0) is 0 Å². The summed E-state index contributed by atoms with van der Waals surface area (Å²) < 4.78 is 0. The SMILES string of the molecule is CC(C)(CNC(=O)C(=O)CSC[C@H](N)C(=O)O)CO[N+](=O)[O-]. The highest BCUT2D eigenvalue weighted by atomic mass is 32.2. The molecule has 11 heteroatoms. The van der Waals surface area contributed by atoms with E-state index in [2.05, 4.69) is 10.2 Å². The number of carboxylic acids is 1. The van der Waals surface area contributed by atoms with Crippen molar-refractivity contribution in [1.29, 1.82) is 0 Å². The van der Waals surface area contributed by atoms with Crippen LogP contribution in [0.2, 0.25) is 0 Å². The number of ketones is 1. The maximum Gasteiger partial charge on any atom is 0.321 e. The molecule has 0 bridgehead atoms. The molecule has 0 aromatic carbocycles. The second-order valence-electron chi connectivity index (χ2n) is 5.23. The van der Waals surface area contributed by atoms with Crippen molar-refractivity contribution in [3.63, 3.8) is 0 Å². The van der Waals surface area contributed by atoms with Gasteiger partial charge in [-0.15, -0.1) is 10.1 Å². The number of aliphatic carboxylic acids is 1. The molecule has 0 saturated heterocycles. The van der Waals surface area contributed by atoms with Gasteiger partial charge >= 0.3 is 5.97 Å². The number of rotatable bonds is 11. The maximum atomic E-state index is 11.5. The fraction of sp³-hybridized carbons (Fsp3) is 0.727. The molecule has 0 unspecified atom stereocenters. The Morgan fingerprint density at radius 3 is 2.55 bits per heavy atom. The first-order valence-corrected chi connectivity index (χ1v) is 7.35. The van der Waals surface area contributed by atoms with Crippen LogP contribution in [0.4, 0.5) is 0 Å². The van der Waals surface area contributed by atoms with Crippen LogP contribution in [0.25, 0.3) is 0 Å². The number of carboxylic acid groups (broad SMARTS) is 1. The molecule has 0 heterocycles.